The van der Waals surface area contributed by atoms with Crippen molar-refractivity contribution in [3.05, 3.63) is 49.1 Å². The summed E-state index contributed by atoms with van der Waals surface area (Å²) in [6.45, 7) is 4.39. The molecule has 0 aromatic rings. The van der Waals surface area contributed by atoms with Gasteiger partial charge in [0.25, 0.3) is 0 Å². The predicted molar refractivity (Wildman–Crippen MR) is 45.4 cm³/mol. The normalized spacial score (nSPS) is 12.1. The minimum atomic E-state index is 0.843. The minimum absolute atomic E-state index is 0.843. The molecule has 0 aliphatic heterocycles. The van der Waals surface area contributed by atoms with Crippen molar-refractivity contribution in [2.24, 2.45) is 0 Å². The Hall–Kier alpha value is -1.08. The van der Waals surface area contributed by atoms with Crippen molar-refractivity contribution < 1.29 is 5.73 Å². The molecule has 10 heavy (non-hydrogen) atoms. The van der Waals surface area contributed by atoms with E-state index in [9.17, 15) is 0 Å². The van der Waals surface area contributed by atoms with Crippen LogP contribution in [-0.2, 0) is 0 Å². The van der Waals surface area contributed by atoms with Crippen molar-refractivity contribution >= 4 is 0 Å². The zero-order valence-electron chi connectivity index (χ0n) is 6.16. The van der Waals surface area contributed by atoms with E-state index in [1.807, 2.05) is 36.5 Å². The van der Waals surface area contributed by atoms with Crippen molar-refractivity contribution in [2.75, 3.05) is 6.54 Å². The lowest BCUT2D eigenvalue weighted by Gasteiger charge is -1.72. The topological polar surface area (TPSA) is 27.6 Å². The van der Waals surface area contributed by atoms with Crippen molar-refractivity contribution in [3.8, 4) is 0 Å². The van der Waals surface area contributed by atoms with Gasteiger partial charge in [-0.1, -0.05) is 43.0 Å². The van der Waals surface area contributed by atoms with E-state index in [1.165, 1.54) is 0 Å². The molecule has 0 bridgehead atoms. The zero-order valence-corrected chi connectivity index (χ0v) is 6.16. The first kappa shape index (κ1) is 8.92. The minimum Gasteiger partial charge on any atom is -0.354 e. The van der Waals surface area contributed by atoms with Crippen LogP contribution in [0.3, 0.4) is 0 Å². The third kappa shape index (κ3) is 6.92. The molecule has 0 rings (SSSR count). The summed E-state index contributed by atoms with van der Waals surface area (Å²) >= 11 is 0. The molecular formula is C9H14N+. The standard InChI is InChI=1S/C9H13N/c1-2-3-4-5-6-7-8-9-10/h2-8H,1,9-10H2/p+1/b4-3-,6-5+,8-7+. The largest absolute Gasteiger partial charge is 0.354 e. The Kier molecular flexibility index (Phi) is 7.06. The van der Waals surface area contributed by atoms with E-state index in [-0.39, 0.29) is 0 Å². The number of rotatable bonds is 4. The summed E-state index contributed by atoms with van der Waals surface area (Å²) < 4.78 is 0. The fraction of sp³-hybridized carbons (Fsp3) is 0.111. The molecule has 0 aromatic carbocycles. The molecule has 1 nitrogen and oxygen atoms in total. The van der Waals surface area contributed by atoms with Crippen LogP contribution in [-0.4, -0.2) is 6.54 Å². The van der Waals surface area contributed by atoms with Gasteiger partial charge in [0.2, 0.25) is 0 Å². The molecule has 0 aromatic heterocycles. The summed E-state index contributed by atoms with van der Waals surface area (Å²) in [5.74, 6) is 0. The smallest absolute Gasteiger partial charge is 0.0929 e. The molecule has 54 valence electrons. The van der Waals surface area contributed by atoms with Gasteiger partial charge < -0.3 is 5.73 Å². The molecule has 3 N–H and O–H groups in total. The van der Waals surface area contributed by atoms with Crippen molar-refractivity contribution in [2.45, 2.75) is 0 Å². The Balaban J connectivity index is 3.46. The van der Waals surface area contributed by atoms with Gasteiger partial charge in [-0.25, -0.2) is 0 Å². The summed E-state index contributed by atoms with van der Waals surface area (Å²) in [5, 5.41) is 0. The van der Waals surface area contributed by atoms with Gasteiger partial charge in [-0.15, -0.1) is 0 Å². The molecule has 0 spiro atoms. The summed E-state index contributed by atoms with van der Waals surface area (Å²) in [7, 11) is 0. The monoisotopic (exact) mass is 136 g/mol. The van der Waals surface area contributed by atoms with Crippen LogP contribution in [0.2, 0.25) is 0 Å². The molecule has 0 fully saturated rings. The molecule has 0 unspecified atom stereocenters. The highest BCUT2D eigenvalue weighted by molar-refractivity contribution is 5.13. The van der Waals surface area contributed by atoms with E-state index in [0.717, 1.165) is 6.54 Å². The second-order valence-corrected chi connectivity index (χ2v) is 1.72. The highest BCUT2D eigenvalue weighted by atomic mass is 14.5. The maximum atomic E-state index is 3.66. The molecule has 0 atom stereocenters. The number of hydrogen-bond acceptors (Lipinski definition) is 0. The average Bonchev–Trinajstić information content (AvgIpc) is 1.97. The fourth-order valence-corrected chi connectivity index (χ4v) is 0.446. The summed E-state index contributed by atoms with van der Waals surface area (Å²) in [4.78, 5) is 0. The van der Waals surface area contributed by atoms with Crippen molar-refractivity contribution in [1.82, 2.24) is 0 Å². The Morgan fingerprint density at radius 1 is 1.00 bits per heavy atom. The molecule has 0 aliphatic carbocycles. The SMILES string of the molecule is C=C\C=C/C=C/C=C/C[NH3+]. The van der Waals surface area contributed by atoms with Gasteiger partial charge in [0.1, 0.15) is 0 Å². The molecule has 0 saturated carbocycles. The maximum absolute atomic E-state index is 3.66. The van der Waals surface area contributed by atoms with Gasteiger partial charge in [0, 0.05) is 0 Å². The van der Waals surface area contributed by atoms with Crippen LogP contribution in [0, 0.1) is 0 Å². The van der Waals surface area contributed by atoms with Crippen LogP contribution in [0.5, 0.6) is 0 Å². The van der Waals surface area contributed by atoms with Crippen LogP contribution in [0.25, 0.3) is 0 Å². The van der Waals surface area contributed by atoms with Crippen LogP contribution in [0.1, 0.15) is 0 Å². The third-order valence-electron chi connectivity index (χ3n) is 0.883. The first-order valence-corrected chi connectivity index (χ1v) is 3.32. The summed E-state index contributed by atoms with van der Waals surface area (Å²) in [6.07, 6.45) is 13.4. The number of allylic oxidation sites excluding steroid dienone is 6. The van der Waals surface area contributed by atoms with Crippen molar-refractivity contribution in [1.29, 1.82) is 0 Å². The van der Waals surface area contributed by atoms with Crippen LogP contribution >= 0.6 is 0 Å². The molecule has 0 amide bonds. The van der Waals surface area contributed by atoms with Crippen LogP contribution in [0.15, 0.2) is 49.1 Å². The quantitative estimate of drug-likeness (QED) is 0.560. The number of hydrogen-bond donors (Lipinski definition) is 1. The lowest BCUT2D eigenvalue weighted by atomic mass is 10.4. The Morgan fingerprint density at radius 2 is 1.60 bits per heavy atom. The van der Waals surface area contributed by atoms with Crippen LogP contribution in [0.4, 0.5) is 0 Å². The fourth-order valence-electron chi connectivity index (χ4n) is 0.446. The first-order valence-electron chi connectivity index (χ1n) is 3.32. The first-order chi connectivity index (χ1) is 4.91. The van der Waals surface area contributed by atoms with Crippen molar-refractivity contribution in [3.63, 3.8) is 0 Å². The van der Waals surface area contributed by atoms with Gasteiger partial charge in [0.15, 0.2) is 0 Å². The maximum Gasteiger partial charge on any atom is 0.0929 e. The van der Waals surface area contributed by atoms with E-state index < -0.39 is 0 Å². The summed E-state index contributed by atoms with van der Waals surface area (Å²) in [6, 6.07) is 0. The van der Waals surface area contributed by atoms with Gasteiger partial charge in [0.05, 0.1) is 6.54 Å². The van der Waals surface area contributed by atoms with E-state index >= 15 is 0 Å². The second-order valence-electron chi connectivity index (χ2n) is 1.72. The number of quaternary nitrogens is 1. The average molecular weight is 136 g/mol. The lowest BCUT2D eigenvalue weighted by molar-refractivity contribution is -0.352. The van der Waals surface area contributed by atoms with Gasteiger partial charge >= 0.3 is 0 Å². The molecule has 1 heteroatoms. The predicted octanol–water partition coefficient (Wildman–Crippen LogP) is 1.08. The van der Waals surface area contributed by atoms with E-state index in [2.05, 4.69) is 12.3 Å². The zero-order chi connectivity index (χ0) is 7.66. The summed E-state index contributed by atoms with van der Waals surface area (Å²) in [5.41, 5.74) is 3.66. The molecule has 0 aliphatic rings. The third-order valence-corrected chi connectivity index (χ3v) is 0.883. The van der Waals surface area contributed by atoms with Gasteiger partial charge in [-0.05, 0) is 6.08 Å². The molecule has 0 saturated heterocycles. The van der Waals surface area contributed by atoms with Gasteiger partial charge in [-0.3, -0.25) is 0 Å². The van der Waals surface area contributed by atoms with Crippen LogP contribution < -0.4 is 5.73 Å². The van der Waals surface area contributed by atoms with Gasteiger partial charge in [-0.2, -0.15) is 0 Å². The van der Waals surface area contributed by atoms with E-state index in [0.29, 0.717) is 0 Å². The Bertz CT molecular complexity index is 152. The van der Waals surface area contributed by atoms with E-state index in [4.69, 9.17) is 0 Å². The molecular weight excluding hydrogens is 122 g/mol. The molecule has 0 radical (unpaired) electrons. The highest BCUT2D eigenvalue weighted by Gasteiger charge is 1.62. The van der Waals surface area contributed by atoms with E-state index in [1.54, 1.807) is 6.08 Å². The highest BCUT2D eigenvalue weighted by Crippen LogP contribution is 1.78. The Labute approximate surface area is 62.2 Å². The second kappa shape index (κ2) is 7.92. The molecule has 0 heterocycles. The lowest BCUT2D eigenvalue weighted by Crippen LogP contribution is -2.49. The Morgan fingerprint density at radius 3 is 2.20 bits per heavy atom.